The van der Waals surface area contributed by atoms with Gasteiger partial charge >= 0.3 is 5.97 Å². The van der Waals surface area contributed by atoms with Crippen LogP contribution < -0.4 is 11.1 Å². The first-order valence-corrected chi connectivity index (χ1v) is 6.39. The van der Waals surface area contributed by atoms with E-state index in [0.717, 1.165) is 0 Å². The third kappa shape index (κ3) is 3.90. The first-order chi connectivity index (χ1) is 10.1. The molecule has 2 atom stereocenters. The number of rotatable bonds is 6. The van der Waals surface area contributed by atoms with Crippen LogP contribution in [-0.2, 0) is 16.0 Å². The minimum absolute atomic E-state index is 0.257. The maximum absolute atomic E-state index is 12.0. The summed E-state index contributed by atoms with van der Waals surface area (Å²) < 4.78 is 0. The molecule has 0 saturated carbocycles. The van der Waals surface area contributed by atoms with Crippen LogP contribution in [-0.4, -0.2) is 33.0 Å². The number of carboxylic acid groups (broad SMARTS) is 1. The highest BCUT2D eigenvalue weighted by Gasteiger charge is 2.24. The maximum Gasteiger partial charge on any atom is 0.330 e. The molecule has 7 nitrogen and oxygen atoms in total. The van der Waals surface area contributed by atoms with Gasteiger partial charge in [-0.1, -0.05) is 30.3 Å². The van der Waals surface area contributed by atoms with Crippen LogP contribution in [0, 0.1) is 0 Å². The van der Waals surface area contributed by atoms with Gasteiger partial charge in [0.05, 0.1) is 12.4 Å². The molecule has 0 aliphatic heterocycles. The van der Waals surface area contributed by atoms with E-state index in [1.807, 2.05) is 0 Å². The Bertz CT molecular complexity index is 598. The van der Waals surface area contributed by atoms with E-state index in [9.17, 15) is 14.7 Å². The van der Waals surface area contributed by atoms with Crippen LogP contribution in [0.4, 0.5) is 0 Å². The van der Waals surface area contributed by atoms with Gasteiger partial charge in [-0.2, -0.15) is 0 Å². The predicted octanol–water partition coefficient (Wildman–Crippen LogP) is 0.222. The van der Waals surface area contributed by atoms with Gasteiger partial charge in [-0.15, -0.1) is 0 Å². The fourth-order valence-corrected chi connectivity index (χ4v) is 1.91. The van der Waals surface area contributed by atoms with E-state index in [1.54, 1.807) is 36.5 Å². The molecule has 1 unspecified atom stereocenters. The van der Waals surface area contributed by atoms with Gasteiger partial charge in [0.2, 0.25) is 5.91 Å². The van der Waals surface area contributed by atoms with Crippen molar-refractivity contribution in [2.75, 3.05) is 0 Å². The smallest absolute Gasteiger partial charge is 0.330 e. The van der Waals surface area contributed by atoms with Crippen LogP contribution in [0.25, 0.3) is 0 Å². The summed E-state index contributed by atoms with van der Waals surface area (Å²) in [6.07, 6.45) is 3.32. The molecular weight excluding hydrogens is 272 g/mol. The van der Waals surface area contributed by atoms with E-state index in [2.05, 4.69) is 15.3 Å². The maximum atomic E-state index is 12.0. The number of carboxylic acids is 1. The lowest BCUT2D eigenvalue weighted by atomic mass is 10.1. The van der Waals surface area contributed by atoms with Crippen LogP contribution in [0.15, 0.2) is 42.9 Å². The quantitative estimate of drug-likeness (QED) is 0.606. The van der Waals surface area contributed by atoms with Crippen LogP contribution in [0.5, 0.6) is 0 Å². The number of carbonyl (C=O) groups is 2. The fourth-order valence-electron chi connectivity index (χ4n) is 1.91. The molecule has 110 valence electrons. The lowest BCUT2D eigenvalue weighted by Gasteiger charge is -2.17. The number of nitrogens with zero attached hydrogens (tertiary/aromatic N) is 1. The highest BCUT2D eigenvalue weighted by molar-refractivity contribution is 5.87. The summed E-state index contributed by atoms with van der Waals surface area (Å²) in [4.78, 5) is 30.0. The Morgan fingerprint density at radius 1 is 1.33 bits per heavy atom. The Morgan fingerprint density at radius 3 is 2.62 bits per heavy atom. The zero-order valence-electron chi connectivity index (χ0n) is 11.2. The van der Waals surface area contributed by atoms with Crippen molar-refractivity contribution in [3.05, 3.63) is 54.1 Å². The predicted molar refractivity (Wildman–Crippen MR) is 75.2 cm³/mol. The number of nitrogens with one attached hydrogen (secondary N) is 2. The van der Waals surface area contributed by atoms with E-state index in [4.69, 9.17) is 5.73 Å². The van der Waals surface area contributed by atoms with Crippen molar-refractivity contribution >= 4 is 11.9 Å². The molecule has 2 aromatic rings. The number of aromatic nitrogens is 2. The number of aromatic amines is 1. The van der Waals surface area contributed by atoms with Gasteiger partial charge < -0.3 is 21.1 Å². The van der Waals surface area contributed by atoms with Gasteiger partial charge in [-0.05, 0) is 5.56 Å². The molecule has 1 aromatic carbocycles. The normalized spacial score (nSPS) is 13.4. The summed E-state index contributed by atoms with van der Waals surface area (Å²) in [5, 5.41) is 11.7. The monoisotopic (exact) mass is 288 g/mol. The number of carbonyl (C=O) groups excluding carboxylic acids is 1. The lowest BCUT2D eigenvalue weighted by molar-refractivity contribution is -0.142. The molecule has 0 bridgehead atoms. The summed E-state index contributed by atoms with van der Waals surface area (Å²) in [6.45, 7) is 0. The summed E-state index contributed by atoms with van der Waals surface area (Å²) in [5.74, 6) is -1.66. The van der Waals surface area contributed by atoms with Crippen molar-refractivity contribution in [2.45, 2.75) is 18.5 Å². The summed E-state index contributed by atoms with van der Waals surface area (Å²) in [7, 11) is 0. The number of aliphatic carboxylic acids is 1. The van der Waals surface area contributed by atoms with Crippen molar-refractivity contribution in [1.29, 1.82) is 0 Å². The first-order valence-electron chi connectivity index (χ1n) is 6.39. The number of hydrogen-bond donors (Lipinski definition) is 4. The van der Waals surface area contributed by atoms with Crippen molar-refractivity contribution in [3.63, 3.8) is 0 Å². The Hall–Kier alpha value is -2.67. The van der Waals surface area contributed by atoms with Crippen molar-refractivity contribution in [3.8, 4) is 0 Å². The summed E-state index contributed by atoms with van der Waals surface area (Å²) >= 11 is 0. The van der Waals surface area contributed by atoms with Crippen LogP contribution in [0.3, 0.4) is 0 Å². The van der Waals surface area contributed by atoms with Gasteiger partial charge in [0.1, 0.15) is 0 Å². The van der Waals surface area contributed by atoms with E-state index in [0.29, 0.717) is 11.3 Å². The molecule has 0 aliphatic rings. The standard InChI is InChI=1S/C14H16N4O3/c15-11(6-10-7-16-8-17-10)13(19)18-12(14(20)21)9-4-2-1-3-5-9/h1-5,7-8,11-12H,6,15H2,(H,16,17)(H,18,19)(H,20,21)/t11-,12?/m0/s1. The minimum Gasteiger partial charge on any atom is -0.479 e. The number of benzene rings is 1. The Balaban J connectivity index is 2.03. The molecule has 2 rings (SSSR count). The van der Waals surface area contributed by atoms with Crippen molar-refractivity contribution in [2.24, 2.45) is 5.73 Å². The summed E-state index contributed by atoms with van der Waals surface area (Å²) in [6, 6.07) is 6.50. The Kier molecular flexibility index (Phi) is 4.68. The zero-order chi connectivity index (χ0) is 15.2. The molecule has 0 saturated heterocycles. The highest BCUT2D eigenvalue weighted by Crippen LogP contribution is 2.13. The van der Waals surface area contributed by atoms with Gasteiger partial charge in [-0.3, -0.25) is 4.79 Å². The molecule has 7 heteroatoms. The van der Waals surface area contributed by atoms with Crippen molar-refractivity contribution < 1.29 is 14.7 Å². The van der Waals surface area contributed by atoms with E-state index in [-0.39, 0.29) is 6.42 Å². The molecule has 1 aromatic heterocycles. The van der Waals surface area contributed by atoms with Crippen LogP contribution in [0.2, 0.25) is 0 Å². The van der Waals surface area contributed by atoms with E-state index >= 15 is 0 Å². The highest BCUT2D eigenvalue weighted by atomic mass is 16.4. The second-order valence-corrected chi connectivity index (χ2v) is 4.58. The Labute approximate surface area is 121 Å². The third-order valence-corrected chi connectivity index (χ3v) is 3.00. The minimum atomic E-state index is -1.14. The molecule has 1 heterocycles. The average molecular weight is 288 g/mol. The number of amides is 1. The molecule has 1 amide bonds. The molecule has 5 N–H and O–H groups in total. The second-order valence-electron chi connectivity index (χ2n) is 4.58. The molecule has 0 fully saturated rings. The number of hydrogen-bond acceptors (Lipinski definition) is 4. The van der Waals surface area contributed by atoms with Crippen LogP contribution >= 0.6 is 0 Å². The molecule has 21 heavy (non-hydrogen) atoms. The van der Waals surface area contributed by atoms with E-state index < -0.39 is 24.0 Å². The third-order valence-electron chi connectivity index (χ3n) is 3.00. The molecule has 0 radical (unpaired) electrons. The SMILES string of the molecule is N[C@@H](Cc1cnc[nH]1)C(=O)NC(C(=O)O)c1ccccc1. The van der Waals surface area contributed by atoms with E-state index in [1.165, 1.54) is 6.33 Å². The van der Waals surface area contributed by atoms with Gasteiger partial charge in [0, 0.05) is 18.3 Å². The fraction of sp³-hybridized carbons (Fsp3) is 0.214. The molecule has 0 spiro atoms. The van der Waals surface area contributed by atoms with Crippen LogP contribution in [0.1, 0.15) is 17.3 Å². The van der Waals surface area contributed by atoms with Gasteiger partial charge in [0.15, 0.2) is 6.04 Å². The average Bonchev–Trinajstić information content (AvgIpc) is 2.98. The topological polar surface area (TPSA) is 121 Å². The lowest BCUT2D eigenvalue weighted by Crippen LogP contribution is -2.45. The van der Waals surface area contributed by atoms with Crippen molar-refractivity contribution in [1.82, 2.24) is 15.3 Å². The van der Waals surface area contributed by atoms with Gasteiger partial charge in [0.25, 0.3) is 0 Å². The first kappa shape index (κ1) is 14.7. The molecule has 0 aliphatic carbocycles. The number of imidazole rings is 1. The molecular formula is C14H16N4O3. The second kappa shape index (κ2) is 6.67. The summed E-state index contributed by atoms with van der Waals surface area (Å²) in [5.41, 5.74) is 6.99. The zero-order valence-corrected chi connectivity index (χ0v) is 11.2. The van der Waals surface area contributed by atoms with Gasteiger partial charge in [-0.25, -0.2) is 9.78 Å². The Morgan fingerprint density at radius 2 is 2.05 bits per heavy atom. The number of H-pyrrole nitrogens is 1. The largest absolute Gasteiger partial charge is 0.479 e. The number of nitrogens with two attached hydrogens (primary N) is 1.